The first-order valence-corrected chi connectivity index (χ1v) is 6.50. The lowest BCUT2D eigenvalue weighted by molar-refractivity contribution is 0.174. The molecule has 4 heteroatoms. The largest absolute Gasteiger partial charge is 0.454 e. The van der Waals surface area contributed by atoms with E-state index < -0.39 is 0 Å². The predicted octanol–water partition coefficient (Wildman–Crippen LogP) is 1.45. The third-order valence-corrected chi connectivity index (χ3v) is 3.30. The molecule has 1 aromatic carbocycles. The SMILES string of the molecule is Cc1cc2c(cc1CCNCC(C)CN)OCO2. The summed E-state index contributed by atoms with van der Waals surface area (Å²) < 4.78 is 10.8. The first kappa shape index (κ1) is 13.2. The standard InChI is InChI=1S/C14H22N2O2/c1-10(7-15)8-16-4-3-12-6-14-13(5-11(12)2)17-9-18-14/h5-6,10,16H,3-4,7-9,15H2,1-2H3. The molecule has 0 spiro atoms. The van der Waals surface area contributed by atoms with Gasteiger partial charge in [0.05, 0.1) is 0 Å². The van der Waals surface area contributed by atoms with E-state index in [4.69, 9.17) is 15.2 Å². The van der Waals surface area contributed by atoms with Crippen molar-refractivity contribution in [1.29, 1.82) is 0 Å². The molecule has 0 saturated heterocycles. The van der Waals surface area contributed by atoms with Gasteiger partial charge in [-0.3, -0.25) is 0 Å². The van der Waals surface area contributed by atoms with Crippen molar-refractivity contribution in [3.8, 4) is 11.5 Å². The Morgan fingerprint density at radius 3 is 2.78 bits per heavy atom. The van der Waals surface area contributed by atoms with Gasteiger partial charge in [0.1, 0.15) is 0 Å². The van der Waals surface area contributed by atoms with Crippen LogP contribution in [0.15, 0.2) is 12.1 Å². The van der Waals surface area contributed by atoms with Crippen LogP contribution in [0.2, 0.25) is 0 Å². The van der Waals surface area contributed by atoms with Gasteiger partial charge in [0, 0.05) is 0 Å². The Hall–Kier alpha value is -1.26. The van der Waals surface area contributed by atoms with Crippen LogP contribution in [0.1, 0.15) is 18.1 Å². The first-order chi connectivity index (χ1) is 8.70. The van der Waals surface area contributed by atoms with Crippen molar-refractivity contribution >= 4 is 0 Å². The quantitative estimate of drug-likeness (QED) is 0.750. The van der Waals surface area contributed by atoms with Crippen molar-refractivity contribution in [3.05, 3.63) is 23.3 Å². The van der Waals surface area contributed by atoms with Crippen LogP contribution < -0.4 is 20.5 Å². The third kappa shape index (κ3) is 3.15. The van der Waals surface area contributed by atoms with Gasteiger partial charge in [-0.25, -0.2) is 0 Å². The Bertz CT molecular complexity index is 407. The van der Waals surface area contributed by atoms with Crippen LogP contribution >= 0.6 is 0 Å². The number of rotatable bonds is 6. The van der Waals surface area contributed by atoms with E-state index >= 15 is 0 Å². The fourth-order valence-electron chi connectivity index (χ4n) is 2.01. The molecular formula is C14H22N2O2. The average molecular weight is 250 g/mol. The minimum Gasteiger partial charge on any atom is -0.454 e. The summed E-state index contributed by atoms with van der Waals surface area (Å²) in [6, 6.07) is 4.14. The number of aryl methyl sites for hydroxylation is 1. The maximum atomic E-state index is 5.58. The van der Waals surface area contributed by atoms with Crippen molar-refractivity contribution in [3.63, 3.8) is 0 Å². The van der Waals surface area contributed by atoms with Crippen molar-refractivity contribution in [1.82, 2.24) is 5.32 Å². The van der Waals surface area contributed by atoms with Gasteiger partial charge < -0.3 is 20.5 Å². The fraction of sp³-hybridized carbons (Fsp3) is 0.571. The first-order valence-electron chi connectivity index (χ1n) is 6.50. The van der Waals surface area contributed by atoms with E-state index in [1.54, 1.807) is 0 Å². The zero-order valence-electron chi connectivity index (χ0n) is 11.2. The molecule has 0 radical (unpaired) electrons. The molecule has 1 aromatic rings. The fourth-order valence-corrected chi connectivity index (χ4v) is 2.01. The van der Waals surface area contributed by atoms with E-state index in [1.165, 1.54) is 11.1 Å². The highest BCUT2D eigenvalue weighted by Gasteiger charge is 2.15. The molecule has 100 valence electrons. The molecule has 2 rings (SSSR count). The van der Waals surface area contributed by atoms with Crippen LogP contribution in [-0.2, 0) is 6.42 Å². The number of nitrogens with one attached hydrogen (secondary N) is 1. The van der Waals surface area contributed by atoms with Crippen molar-refractivity contribution in [2.75, 3.05) is 26.4 Å². The number of ether oxygens (including phenoxy) is 2. The molecule has 1 heterocycles. The van der Waals surface area contributed by atoms with Gasteiger partial charge in [0.2, 0.25) is 6.79 Å². The molecule has 0 amide bonds. The highest BCUT2D eigenvalue weighted by Crippen LogP contribution is 2.34. The van der Waals surface area contributed by atoms with Crippen LogP contribution in [0.5, 0.6) is 11.5 Å². The Morgan fingerprint density at radius 1 is 1.33 bits per heavy atom. The van der Waals surface area contributed by atoms with Gasteiger partial charge in [-0.05, 0) is 62.2 Å². The molecule has 1 unspecified atom stereocenters. The lowest BCUT2D eigenvalue weighted by Crippen LogP contribution is -2.27. The van der Waals surface area contributed by atoms with Crippen LogP contribution in [0.25, 0.3) is 0 Å². The average Bonchev–Trinajstić information content (AvgIpc) is 2.81. The molecule has 0 aliphatic carbocycles. The number of hydrogen-bond acceptors (Lipinski definition) is 4. The van der Waals surface area contributed by atoms with Gasteiger partial charge in [-0.15, -0.1) is 0 Å². The lowest BCUT2D eigenvalue weighted by atomic mass is 10.0. The summed E-state index contributed by atoms with van der Waals surface area (Å²) in [5, 5.41) is 3.43. The third-order valence-electron chi connectivity index (χ3n) is 3.30. The zero-order chi connectivity index (χ0) is 13.0. The monoisotopic (exact) mass is 250 g/mol. The number of fused-ring (bicyclic) bond motifs is 1. The molecular weight excluding hydrogens is 228 g/mol. The molecule has 0 saturated carbocycles. The summed E-state index contributed by atoms with van der Waals surface area (Å²) in [4.78, 5) is 0. The van der Waals surface area contributed by atoms with Gasteiger partial charge in [0.25, 0.3) is 0 Å². The molecule has 1 aliphatic rings. The summed E-state index contributed by atoms with van der Waals surface area (Å²) in [6.45, 7) is 7.27. The van der Waals surface area contributed by atoms with E-state index in [1.807, 2.05) is 0 Å². The van der Waals surface area contributed by atoms with Crippen molar-refractivity contribution in [2.45, 2.75) is 20.3 Å². The predicted molar refractivity (Wildman–Crippen MR) is 72.1 cm³/mol. The van der Waals surface area contributed by atoms with Crippen LogP contribution in [-0.4, -0.2) is 26.4 Å². The Morgan fingerprint density at radius 2 is 2.06 bits per heavy atom. The second-order valence-corrected chi connectivity index (χ2v) is 4.93. The molecule has 0 fully saturated rings. The Labute approximate surface area is 108 Å². The summed E-state index contributed by atoms with van der Waals surface area (Å²) in [5.74, 6) is 2.26. The van der Waals surface area contributed by atoms with Gasteiger partial charge >= 0.3 is 0 Å². The maximum absolute atomic E-state index is 5.58. The molecule has 3 N–H and O–H groups in total. The highest BCUT2D eigenvalue weighted by atomic mass is 16.7. The summed E-state index contributed by atoms with van der Waals surface area (Å²) in [5.41, 5.74) is 8.15. The van der Waals surface area contributed by atoms with E-state index in [-0.39, 0.29) is 0 Å². The smallest absolute Gasteiger partial charge is 0.231 e. The molecule has 18 heavy (non-hydrogen) atoms. The second kappa shape index (κ2) is 6.07. The minimum absolute atomic E-state index is 0.338. The number of hydrogen-bond donors (Lipinski definition) is 2. The minimum atomic E-state index is 0.338. The maximum Gasteiger partial charge on any atom is 0.231 e. The Balaban J connectivity index is 1.86. The van der Waals surface area contributed by atoms with E-state index in [0.717, 1.165) is 37.6 Å². The normalized spacial score (nSPS) is 14.8. The van der Waals surface area contributed by atoms with Crippen molar-refractivity contribution in [2.24, 2.45) is 11.7 Å². The summed E-state index contributed by atoms with van der Waals surface area (Å²) in [6.07, 6.45) is 1.000. The molecule has 4 nitrogen and oxygen atoms in total. The topological polar surface area (TPSA) is 56.5 Å². The van der Waals surface area contributed by atoms with Gasteiger partial charge in [0.15, 0.2) is 11.5 Å². The van der Waals surface area contributed by atoms with Crippen molar-refractivity contribution < 1.29 is 9.47 Å². The summed E-state index contributed by atoms with van der Waals surface area (Å²) in [7, 11) is 0. The molecule has 1 aliphatic heterocycles. The van der Waals surface area contributed by atoms with Gasteiger partial charge in [-0.1, -0.05) is 6.92 Å². The number of benzene rings is 1. The molecule has 0 bridgehead atoms. The summed E-state index contributed by atoms with van der Waals surface area (Å²) >= 11 is 0. The van der Waals surface area contributed by atoms with Crippen LogP contribution in [0, 0.1) is 12.8 Å². The lowest BCUT2D eigenvalue weighted by Gasteiger charge is -2.11. The number of nitrogens with two attached hydrogens (primary N) is 1. The Kier molecular flexibility index (Phi) is 4.44. The molecule has 0 aromatic heterocycles. The van der Waals surface area contributed by atoms with Gasteiger partial charge in [-0.2, -0.15) is 0 Å². The van der Waals surface area contributed by atoms with Crippen LogP contribution in [0.4, 0.5) is 0 Å². The molecule has 1 atom stereocenters. The van der Waals surface area contributed by atoms with Crippen LogP contribution in [0.3, 0.4) is 0 Å². The second-order valence-electron chi connectivity index (χ2n) is 4.93. The van der Waals surface area contributed by atoms with E-state index in [0.29, 0.717) is 12.7 Å². The van der Waals surface area contributed by atoms with E-state index in [9.17, 15) is 0 Å². The van der Waals surface area contributed by atoms with E-state index in [2.05, 4.69) is 31.3 Å². The zero-order valence-corrected chi connectivity index (χ0v) is 11.2. The highest BCUT2D eigenvalue weighted by molar-refractivity contribution is 5.48.